The van der Waals surface area contributed by atoms with Crippen molar-refractivity contribution in [3.05, 3.63) is 83.4 Å². The summed E-state index contributed by atoms with van der Waals surface area (Å²) < 4.78 is 30.4. The van der Waals surface area contributed by atoms with Crippen LogP contribution in [0.1, 0.15) is 75.5 Å². The Bertz CT molecular complexity index is 1350. The number of unbranched alkanes of at least 4 members (excludes halogenated alkanes) is 3. The number of amides is 1. The van der Waals surface area contributed by atoms with Crippen molar-refractivity contribution in [3.8, 4) is 22.6 Å². The van der Waals surface area contributed by atoms with E-state index in [2.05, 4.69) is 43.4 Å². The highest BCUT2D eigenvalue weighted by atomic mass is 31.2. The maximum atomic E-state index is 14.3. The van der Waals surface area contributed by atoms with Crippen molar-refractivity contribution in [2.75, 3.05) is 33.0 Å². The molecule has 1 amide bonds. The van der Waals surface area contributed by atoms with E-state index < -0.39 is 13.0 Å². The fraction of sp³-hybridized carbons (Fsp3) is 0.457. The third kappa shape index (κ3) is 7.70. The van der Waals surface area contributed by atoms with Crippen molar-refractivity contribution >= 4 is 13.5 Å². The second-order valence-corrected chi connectivity index (χ2v) is 13.4. The van der Waals surface area contributed by atoms with Crippen LogP contribution in [-0.4, -0.2) is 44.0 Å². The lowest BCUT2D eigenvalue weighted by Crippen LogP contribution is -2.45. The smallest absolute Gasteiger partial charge is 0.330 e. The Morgan fingerprint density at radius 1 is 0.860 bits per heavy atom. The largest absolute Gasteiger partial charge is 0.504 e. The number of carbonyl (C=O) groups is 1. The SMILES string of the molecule is CCCCOP(=O)(CCCCC1(C(=O)NCCc2ccc(OC)c(O)c2)c2ccccc2-c2ccccc21)OCCCC. The van der Waals surface area contributed by atoms with Crippen LogP contribution in [0, 0.1) is 0 Å². The number of fused-ring (bicyclic) bond motifs is 3. The van der Waals surface area contributed by atoms with Gasteiger partial charge in [-0.2, -0.15) is 0 Å². The highest BCUT2D eigenvalue weighted by Gasteiger charge is 2.48. The highest BCUT2D eigenvalue weighted by molar-refractivity contribution is 7.53. The van der Waals surface area contributed by atoms with Crippen LogP contribution in [-0.2, 0) is 30.2 Å². The predicted octanol–water partition coefficient (Wildman–Crippen LogP) is 8.02. The summed E-state index contributed by atoms with van der Waals surface area (Å²) in [6.45, 7) is 5.43. The Labute approximate surface area is 256 Å². The Balaban J connectivity index is 1.53. The lowest BCUT2D eigenvalue weighted by Gasteiger charge is -2.31. The number of carbonyl (C=O) groups excluding carboxylic acids is 1. The summed E-state index contributed by atoms with van der Waals surface area (Å²) in [6, 6.07) is 21.6. The molecule has 0 bridgehead atoms. The molecule has 232 valence electrons. The van der Waals surface area contributed by atoms with Gasteiger partial charge in [-0.1, -0.05) is 87.7 Å². The first kappa shape index (κ1) is 32.8. The normalized spacial score (nSPS) is 13.4. The van der Waals surface area contributed by atoms with Gasteiger partial charge in [-0.25, -0.2) is 0 Å². The van der Waals surface area contributed by atoms with E-state index in [9.17, 15) is 14.5 Å². The molecule has 0 unspecified atom stereocenters. The van der Waals surface area contributed by atoms with Crippen LogP contribution < -0.4 is 10.1 Å². The molecule has 0 atom stereocenters. The zero-order chi connectivity index (χ0) is 30.7. The van der Waals surface area contributed by atoms with Crippen LogP contribution in [0.2, 0.25) is 0 Å². The summed E-state index contributed by atoms with van der Waals surface area (Å²) in [4.78, 5) is 14.3. The van der Waals surface area contributed by atoms with Gasteiger partial charge in [0.05, 0.1) is 26.5 Å². The van der Waals surface area contributed by atoms with E-state index in [4.69, 9.17) is 13.8 Å². The van der Waals surface area contributed by atoms with Crippen molar-refractivity contribution in [2.24, 2.45) is 0 Å². The van der Waals surface area contributed by atoms with Crippen LogP contribution in [0.15, 0.2) is 66.7 Å². The minimum atomic E-state index is -3.21. The van der Waals surface area contributed by atoms with E-state index in [0.717, 1.165) is 53.5 Å². The van der Waals surface area contributed by atoms with E-state index in [0.29, 0.717) is 57.4 Å². The number of ether oxygens (including phenoxy) is 1. The average Bonchev–Trinajstić information content (AvgIpc) is 3.30. The minimum Gasteiger partial charge on any atom is -0.504 e. The fourth-order valence-electron chi connectivity index (χ4n) is 5.87. The first-order valence-electron chi connectivity index (χ1n) is 15.6. The van der Waals surface area contributed by atoms with Crippen LogP contribution in [0.4, 0.5) is 0 Å². The summed E-state index contributed by atoms with van der Waals surface area (Å²) in [5.41, 5.74) is 4.18. The van der Waals surface area contributed by atoms with Crippen LogP contribution in [0.5, 0.6) is 11.5 Å². The summed E-state index contributed by atoms with van der Waals surface area (Å²) in [5.74, 6) is 0.447. The second-order valence-electron chi connectivity index (χ2n) is 11.2. The molecule has 1 aliphatic carbocycles. The molecule has 0 saturated heterocycles. The first-order valence-corrected chi connectivity index (χ1v) is 17.3. The van der Waals surface area contributed by atoms with Gasteiger partial charge in [-0.15, -0.1) is 0 Å². The van der Waals surface area contributed by atoms with Gasteiger partial charge in [-0.3, -0.25) is 9.36 Å². The monoisotopic (exact) mass is 607 g/mol. The van der Waals surface area contributed by atoms with Gasteiger partial charge >= 0.3 is 7.60 Å². The zero-order valence-electron chi connectivity index (χ0n) is 25.8. The molecule has 7 nitrogen and oxygen atoms in total. The summed E-state index contributed by atoms with van der Waals surface area (Å²) in [7, 11) is -1.69. The highest BCUT2D eigenvalue weighted by Crippen LogP contribution is 2.53. The van der Waals surface area contributed by atoms with Gasteiger partial charge in [0.25, 0.3) is 0 Å². The molecule has 0 fully saturated rings. The molecular formula is C35H46NO6P. The maximum absolute atomic E-state index is 14.3. The number of hydrogen-bond donors (Lipinski definition) is 2. The molecule has 0 spiro atoms. The van der Waals surface area contributed by atoms with Gasteiger partial charge in [-0.05, 0) is 72.1 Å². The molecule has 43 heavy (non-hydrogen) atoms. The molecule has 8 heteroatoms. The van der Waals surface area contributed by atoms with Crippen LogP contribution in [0.25, 0.3) is 11.1 Å². The molecular weight excluding hydrogens is 561 g/mol. The fourth-order valence-corrected chi connectivity index (χ4v) is 7.63. The predicted molar refractivity (Wildman–Crippen MR) is 172 cm³/mol. The van der Waals surface area contributed by atoms with Crippen molar-refractivity contribution < 1.29 is 28.3 Å². The second kappa shape index (κ2) is 15.6. The molecule has 0 aromatic heterocycles. The summed E-state index contributed by atoms with van der Waals surface area (Å²) in [5, 5.41) is 13.4. The van der Waals surface area contributed by atoms with Crippen molar-refractivity contribution in [1.29, 1.82) is 0 Å². The first-order chi connectivity index (χ1) is 20.9. The van der Waals surface area contributed by atoms with Gasteiger partial charge in [0.15, 0.2) is 11.5 Å². The third-order valence-electron chi connectivity index (χ3n) is 8.20. The van der Waals surface area contributed by atoms with E-state index in [1.165, 1.54) is 7.11 Å². The lowest BCUT2D eigenvalue weighted by atomic mass is 9.73. The Morgan fingerprint density at radius 3 is 2.02 bits per heavy atom. The number of benzene rings is 3. The van der Waals surface area contributed by atoms with E-state index >= 15 is 0 Å². The summed E-state index contributed by atoms with van der Waals surface area (Å²) in [6.07, 6.45) is 6.39. The molecule has 0 saturated carbocycles. The number of nitrogens with one attached hydrogen (secondary N) is 1. The molecule has 0 heterocycles. The maximum Gasteiger partial charge on any atom is 0.330 e. The number of rotatable bonds is 18. The number of hydrogen-bond acceptors (Lipinski definition) is 6. The van der Waals surface area contributed by atoms with E-state index in [1.807, 2.05) is 30.3 Å². The standard InChI is InChI=1S/C35H46NO6P/c1-4-6-23-41-43(39,42-24-7-5-2)25-13-12-21-35(30-16-10-8-14-28(30)29-15-9-11-17-31(29)35)34(38)36-22-20-27-18-19-33(40-3)32(37)26-27/h8-11,14-19,26,37H,4-7,12-13,20-25H2,1-3H3,(H,36,38). The molecule has 3 aromatic carbocycles. The Morgan fingerprint density at radius 2 is 1.47 bits per heavy atom. The van der Waals surface area contributed by atoms with Crippen molar-refractivity contribution in [3.63, 3.8) is 0 Å². The number of aromatic hydroxyl groups is 1. The minimum absolute atomic E-state index is 0.0517. The summed E-state index contributed by atoms with van der Waals surface area (Å²) >= 11 is 0. The number of phenolic OH excluding ortho intramolecular Hbond substituents is 1. The molecule has 0 aliphatic heterocycles. The molecule has 3 aromatic rings. The quantitative estimate of drug-likeness (QED) is 0.112. The van der Waals surface area contributed by atoms with Gasteiger partial charge in [0, 0.05) is 6.54 Å². The van der Waals surface area contributed by atoms with Gasteiger partial charge in [0.2, 0.25) is 5.91 Å². The van der Waals surface area contributed by atoms with Crippen LogP contribution in [0.3, 0.4) is 0 Å². The number of phenols is 1. The topological polar surface area (TPSA) is 94.1 Å². The van der Waals surface area contributed by atoms with Crippen LogP contribution >= 0.6 is 7.60 Å². The van der Waals surface area contributed by atoms with Crippen molar-refractivity contribution in [1.82, 2.24) is 5.32 Å². The molecule has 0 radical (unpaired) electrons. The number of methoxy groups -OCH3 is 1. The average molecular weight is 608 g/mol. The van der Waals surface area contributed by atoms with Gasteiger partial charge in [0.1, 0.15) is 5.41 Å². The molecule has 2 N–H and O–H groups in total. The van der Waals surface area contributed by atoms with E-state index in [-0.39, 0.29) is 11.7 Å². The third-order valence-corrected chi connectivity index (χ3v) is 10.2. The Kier molecular flexibility index (Phi) is 11.9. The lowest BCUT2D eigenvalue weighted by molar-refractivity contribution is -0.125. The Hall–Kier alpha value is -3.12. The zero-order valence-corrected chi connectivity index (χ0v) is 26.7. The molecule has 4 rings (SSSR count). The van der Waals surface area contributed by atoms with Crippen molar-refractivity contribution in [2.45, 2.75) is 70.6 Å². The molecule has 1 aliphatic rings. The van der Waals surface area contributed by atoms with E-state index in [1.54, 1.807) is 12.1 Å². The van der Waals surface area contributed by atoms with Gasteiger partial charge < -0.3 is 24.2 Å².